The zero-order valence-electron chi connectivity index (χ0n) is 30.6. The van der Waals surface area contributed by atoms with E-state index in [4.69, 9.17) is 4.42 Å². The van der Waals surface area contributed by atoms with Crippen molar-refractivity contribution in [2.75, 3.05) is 4.90 Å². The van der Waals surface area contributed by atoms with Crippen molar-refractivity contribution in [2.45, 2.75) is 0 Å². The van der Waals surface area contributed by atoms with Gasteiger partial charge in [0.05, 0.1) is 22.4 Å². The predicted molar refractivity (Wildman–Crippen MR) is 237 cm³/mol. The van der Waals surface area contributed by atoms with Crippen molar-refractivity contribution in [2.24, 2.45) is 0 Å². The molecule has 2 heteroatoms. The summed E-state index contributed by atoms with van der Waals surface area (Å²) >= 11 is 0. The highest BCUT2D eigenvalue weighted by Gasteiger charge is 2.24. The molecule has 10 aromatic carbocycles. The van der Waals surface area contributed by atoms with Gasteiger partial charge in [-0.2, -0.15) is 0 Å². The number of rotatable bonds is 6. The van der Waals surface area contributed by atoms with Gasteiger partial charge in [-0.3, -0.25) is 0 Å². The lowest BCUT2D eigenvalue weighted by atomic mass is 9.94. The molecule has 0 atom stereocenters. The first kappa shape index (κ1) is 32.0. The second-order valence-electron chi connectivity index (χ2n) is 14.4. The lowest BCUT2D eigenvalue weighted by Gasteiger charge is -2.30. The van der Waals surface area contributed by atoms with Gasteiger partial charge in [0.1, 0.15) is 11.2 Å². The molecule has 1 aromatic heterocycles. The highest BCUT2D eigenvalue weighted by Crippen LogP contribution is 2.49. The number of benzene rings is 10. The van der Waals surface area contributed by atoms with Gasteiger partial charge in [0.15, 0.2) is 0 Å². The minimum absolute atomic E-state index is 0.861. The van der Waals surface area contributed by atoms with Crippen molar-refractivity contribution in [1.29, 1.82) is 0 Å². The Morgan fingerprint density at radius 2 is 0.750 bits per heavy atom. The monoisotopic (exact) mass is 713 g/mol. The molecule has 0 aliphatic rings. The largest absolute Gasteiger partial charge is 0.456 e. The third-order valence-electron chi connectivity index (χ3n) is 11.3. The topological polar surface area (TPSA) is 16.4 Å². The molecular formula is C54H35NO. The normalized spacial score (nSPS) is 11.6. The first-order valence-corrected chi connectivity index (χ1v) is 19.2. The molecule has 0 amide bonds. The number of anilines is 3. The summed E-state index contributed by atoms with van der Waals surface area (Å²) in [7, 11) is 0. The molecule has 0 aliphatic carbocycles. The molecule has 0 unspecified atom stereocenters. The number of hydrogen-bond acceptors (Lipinski definition) is 2. The zero-order chi connectivity index (χ0) is 37.0. The minimum Gasteiger partial charge on any atom is -0.456 e. The van der Waals surface area contributed by atoms with E-state index < -0.39 is 0 Å². The van der Waals surface area contributed by atoms with Gasteiger partial charge in [0, 0.05) is 16.5 Å². The number of fused-ring (bicyclic) bond motifs is 7. The first-order chi connectivity index (χ1) is 27.8. The summed E-state index contributed by atoms with van der Waals surface area (Å²) in [4.78, 5) is 2.45. The summed E-state index contributed by atoms with van der Waals surface area (Å²) in [6.45, 7) is 0. The van der Waals surface area contributed by atoms with Gasteiger partial charge in [-0.15, -0.1) is 0 Å². The smallest absolute Gasteiger partial charge is 0.137 e. The van der Waals surface area contributed by atoms with Crippen LogP contribution in [-0.2, 0) is 0 Å². The molecule has 11 rings (SSSR count). The summed E-state index contributed by atoms with van der Waals surface area (Å²) in [5.41, 5.74) is 12.0. The molecule has 0 fully saturated rings. The minimum atomic E-state index is 0.861. The number of hydrogen-bond donors (Lipinski definition) is 0. The summed E-state index contributed by atoms with van der Waals surface area (Å²) in [5, 5.41) is 9.66. The number of para-hydroxylation sites is 3. The van der Waals surface area contributed by atoms with Gasteiger partial charge in [-0.1, -0.05) is 176 Å². The average molecular weight is 714 g/mol. The zero-order valence-corrected chi connectivity index (χ0v) is 30.6. The van der Waals surface area contributed by atoms with Crippen molar-refractivity contribution < 1.29 is 4.42 Å². The van der Waals surface area contributed by atoms with E-state index in [-0.39, 0.29) is 0 Å². The molecule has 2 nitrogen and oxygen atoms in total. The number of nitrogens with zero attached hydrogens (tertiary/aromatic N) is 1. The third-order valence-corrected chi connectivity index (χ3v) is 11.3. The van der Waals surface area contributed by atoms with Crippen LogP contribution in [0.3, 0.4) is 0 Å². The Labute approximate surface area is 325 Å². The van der Waals surface area contributed by atoms with Crippen LogP contribution in [-0.4, -0.2) is 0 Å². The maximum absolute atomic E-state index is 6.49. The van der Waals surface area contributed by atoms with Crippen LogP contribution >= 0.6 is 0 Å². The van der Waals surface area contributed by atoms with Crippen molar-refractivity contribution in [3.63, 3.8) is 0 Å². The first-order valence-electron chi connectivity index (χ1n) is 19.2. The second-order valence-corrected chi connectivity index (χ2v) is 14.4. The molecule has 0 radical (unpaired) electrons. The molecule has 0 bridgehead atoms. The van der Waals surface area contributed by atoms with Crippen LogP contribution < -0.4 is 4.90 Å². The summed E-state index contributed by atoms with van der Waals surface area (Å²) < 4.78 is 6.49. The Hall–Kier alpha value is -7.42. The average Bonchev–Trinajstić information content (AvgIpc) is 3.66. The maximum atomic E-state index is 6.49. The van der Waals surface area contributed by atoms with Gasteiger partial charge in [-0.05, 0) is 91.0 Å². The van der Waals surface area contributed by atoms with Crippen LogP contribution in [0.5, 0.6) is 0 Å². The van der Waals surface area contributed by atoms with E-state index in [1.807, 2.05) is 6.07 Å². The molecular weight excluding hydrogens is 679 g/mol. The molecule has 0 saturated carbocycles. The second kappa shape index (κ2) is 13.2. The third kappa shape index (κ3) is 5.26. The van der Waals surface area contributed by atoms with Crippen molar-refractivity contribution >= 4 is 71.3 Å². The molecule has 262 valence electrons. The van der Waals surface area contributed by atoms with Crippen LogP contribution in [0, 0.1) is 0 Å². The van der Waals surface area contributed by atoms with E-state index in [0.717, 1.165) is 61.3 Å². The fourth-order valence-corrected chi connectivity index (χ4v) is 8.63. The van der Waals surface area contributed by atoms with Gasteiger partial charge >= 0.3 is 0 Å². The summed E-state index contributed by atoms with van der Waals surface area (Å²) in [6, 6.07) is 76.6. The van der Waals surface area contributed by atoms with Gasteiger partial charge in [-0.25, -0.2) is 0 Å². The Balaban J connectivity index is 1.14. The molecule has 0 saturated heterocycles. The SMILES string of the molecule is c1ccc(N(c2ccccc2-c2ccc3ccc4ccccc4c3c2)c2cccc3oc4ccccc4c23)c(-c2ccc(-c3cccc4ccccc34)cc2)c1. The van der Waals surface area contributed by atoms with E-state index in [1.54, 1.807) is 0 Å². The Morgan fingerprint density at radius 1 is 0.286 bits per heavy atom. The summed E-state index contributed by atoms with van der Waals surface area (Å²) in [5.74, 6) is 0. The van der Waals surface area contributed by atoms with Gasteiger partial charge < -0.3 is 9.32 Å². The quantitative estimate of drug-likeness (QED) is 0.160. The van der Waals surface area contributed by atoms with Crippen molar-refractivity contribution in [3.05, 3.63) is 212 Å². The lowest BCUT2D eigenvalue weighted by molar-refractivity contribution is 0.669. The van der Waals surface area contributed by atoms with Crippen LogP contribution in [0.25, 0.3) is 87.6 Å². The van der Waals surface area contributed by atoms with Crippen LogP contribution in [0.1, 0.15) is 0 Å². The van der Waals surface area contributed by atoms with Gasteiger partial charge in [0.25, 0.3) is 0 Å². The maximum Gasteiger partial charge on any atom is 0.137 e. The molecule has 0 N–H and O–H groups in total. The molecule has 0 aliphatic heterocycles. The highest BCUT2D eigenvalue weighted by molar-refractivity contribution is 6.15. The fraction of sp³-hybridized carbons (Fsp3) is 0. The van der Waals surface area contributed by atoms with E-state index in [2.05, 4.69) is 211 Å². The van der Waals surface area contributed by atoms with Crippen molar-refractivity contribution in [3.8, 4) is 33.4 Å². The van der Waals surface area contributed by atoms with Crippen LogP contribution in [0.15, 0.2) is 217 Å². The highest BCUT2D eigenvalue weighted by atomic mass is 16.3. The Kier molecular flexibility index (Phi) is 7.53. The fourth-order valence-electron chi connectivity index (χ4n) is 8.63. The Bertz CT molecular complexity index is 3260. The molecule has 0 spiro atoms. The predicted octanol–water partition coefficient (Wildman–Crippen LogP) is 15.5. The lowest BCUT2D eigenvalue weighted by Crippen LogP contribution is -2.12. The molecule has 11 aromatic rings. The van der Waals surface area contributed by atoms with E-state index in [9.17, 15) is 0 Å². The summed E-state index contributed by atoms with van der Waals surface area (Å²) in [6.07, 6.45) is 0. The standard InChI is InChI=1S/C54H35NO/c1-3-16-42-36(13-1)15-11-21-43(42)38-28-30-39(31-29-38)45-18-5-8-22-49(45)55(51-24-12-26-53-54(51)47-20-7-10-25-52(47)56-53)50-23-9-6-19-46(50)41-34-33-40-32-27-37-14-2-4-17-44(37)48(40)35-41/h1-35H. The molecule has 56 heavy (non-hydrogen) atoms. The number of furan rings is 1. The Morgan fingerprint density at radius 3 is 1.52 bits per heavy atom. The van der Waals surface area contributed by atoms with Crippen molar-refractivity contribution in [1.82, 2.24) is 0 Å². The van der Waals surface area contributed by atoms with Crippen LogP contribution in [0.4, 0.5) is 17.1 Å². The van der Waals surface area contributed by atoms with Gasteiger partial charge in [0.2, 0.25) is 0 Å². The van der Waals surface area contributed by atoms with E-state index in [0.29, 0.717) is 0 Å². The van der Waals surface area contributed by atoms with Crippen LogP contribution in [0.2, 0.25) is 0 Å². The van der Waals surface area contributed by atoms with E-state index >= 15 is 0 Å². The molecule has 1 heterocycles. The van der Waals surface area contributed by atoms with E-state index in [1.165, 1.54) is 43.4 Å².